The Bertz CT molecular complexity index is 1130. The first-order chi connectivity index (χ1) is 17.4. The average Bonchev–Trinajstić information content (AvgIpc) is 2.82. The lowest BCUT2D eigenvalue weighted by molar-refractivity contribution is -0.137. The highest BCUT2D eigenvalue weighted by atomic mass is 35.5. The molecule has 10 nitrogen and oxygen atoms in total. The van der Waals surface area contributed by atoms with Gasteiger partial charge in [0.15, 0.2) is 0 Å². The predicted octanol–water partition coefficient (Wildman–Crippen LogP) is 3.66. The first-order valence-corrected chi connectivity index (χ1v) is 12.6. The molecule has 0 atom stereocenters. The Hall–Kier alpha value is -3.40. The number of halogens is 1. The molecule has 0 aliphatic carbocycles. The molecular formula is C26H34ClN5O5. The molecule has 37 heavy (non-hydrogen) atoms. The minimum atomic E-state index is -0.977. The van der Waals surface area contributed by atoms with E-state index in [4.69, 9.17) is 21.4 Å². The number of carbonyl (C=O) groups is 3. The summed E-state index contributed by atoms with van der Waals surface area (Å²) < 4.78 is 5.44. The van der Waals surface area contributed by atoms with Crippen LogP contribution in [-0.4, -0.2) is 87.7 Å². The van der Waals surface area contributed by atoms with Crippen LogP contribution < -0.4 is 4.90 Å². The van der Waals surface area contributed by atoms with Crippen LogP contribution in [0.3, 0.4) is 0 Å². The van der Waals surface area contributed by atoms with Gasteiger partial charge in [-0.15, -0.1) is 0 Å². The van der Waals surface area contributed by atoms with Gasteiger partial charge in [-0.1, -0.05) is 23.7 Å². The predicted molar refractivity (Wildman–Crippen MR) is 140 cm³/mol. The summed E-state index contributed by atoms with van der Waals surface area (Å²) in [5.74, 6) is -0.814. The van der Waals surface area contributed by atoms with Gasteiger partial charge < -0.3 is 24.5 Å². The number of nitrogens with zero attached hydrogens (tertiary/aromatic N) is 5. The van der Waals surface area contributed by atoms with Gasteiger partial charge in [-0.25, -0.2) is 14.8 Å². The molecule has 0 bridgehead atoms. The Morgan fingerprint density at radius 3 is 2.43 bits per heavy atom. The number of aryl methyl sites for hydroxylation is 1. The van der Waals surface area contributed by atoms with E-state index >= 15 is 0 Å². The Morgan fingerprint density at radius 1 is 1.14 bits per heavy atom. The zero-order valence-corrected chi connectivity index (χ0v) is 22.5. The molecule has 0 saturated carbocycles. The first kappa shape index (κ1) is 28.2. The van der Waals surface area contributed by atoms with Crippen molar-refractivity contribution in [3.05, 3.63) is 52.3 Å². The molecule has 0 unspecified atom stereocenters. The van der Waals surface area contributed by atoms with Crippen molar-refractivity contribution in [2.75, 3.05) is 44.2 Å². The number of aromatic nitrogens is 2. The highest BCUT2D eigenvalue weighted by molar-refractivity contribution is 6.30. The van der Waals surface area contributed by atoms with E-state index in [0.717, 1.165) is 5.56 Å². The number of aliphatic carboxylic acids is 1. The molecule has 1 fully saturated rings. The summed E-state index contributed by atoms with van der Waals surface area (Å²) in [5.41, 5.74) is 1.23. The SMILES string of the molecule is Cc1nc(N2CCN(C(=O)OC(C)(C)C)CC2)ncc1C(=O)N(CCC(=O)O)CCc1cccc(Cl)c1. The molecule has 200 valence electrons. The van der Waals surface area contributed by atoms with Gasteiger partial charge in [0.05, 0.1) is 17.7 Å². The maximum atomic E-state index is 13.3. The average molecular weight is 532 g/mol. The highest BCUT2D eigenvalue weighted by Crippen LogP contribution is 2.18. The summed E-state index contributed by atoms with van der Waals surface area (Å²) in [4.78, 5) is 51.0. The van der Waals surface area contributed by atoms with Crippen LogP contribution in [0.5, 0.6) is 0 Å². The second-order valence-electron chi connectivity index (χ2n) is 9.94. The molecule has 2 amide bonds. The Balaban J connectivity index is 1.66. The molecule has 11 heteroatoms. The largest absolute Gasteiger partial charge is 0.481 e. The number of hydrogen-bond donors (Lipinski definition) is 1. The third-order valence-electron chi connectivity index (χ3n) is 5.85. The van der Waals surface area contributed by atoms with Crippen LogP contribution in [0.25, 0.3) is 0 Å². The highest BCUT2D eigenvalue weighted by Gasteiger charge is 2.27. The summed E-state index contributed by atoms with van der Waals surface area (Å²) in [5, 5.41) is 9.77. The summed E-state index contributed by atoms with van der Waals surface area (Å²) in [6, 6.07) is 7.35. The van der Waals surface area contributed by atoms with Crippen molar-refractivity contribution in [3.8, 4) is 0 Å². The molecule has 1 N–H and O–H groups in total. The van der Waals surface area contributed by atoms with E-state index in [-0.39, 0.29) is 25.0 Å². The number of rotatable bonds is 8. The minimum absolute atomic E-state index is 0.0720. The number of hydrogen-bond acceptors (Lipinski definition) is 7. The second-order valence-corrected chi connectivity index (χ2v) is 10.4. The van der Waals surface area contributed by atoms with Crippen LogP contribution in [-0.2, 0) is 16.0 Å². The van der Waals surface area contributed by atoms with E-state index in [9.17, 15) is 14.4 Å². The van der Waals surface area contributed by atoms with Gasteiger partial charge in [-0.3, -0.25) is 9.59 Å². The number of benzene rings is 1. The Kier molecular flexibility index (Phi) is 9.31. The minimum Gasteiger partial charge on any atom is -0.481 e. The fourth-order valence-corrected chi connectivity index (χ4v) is 4.12. The zero-order chi connectivity index (χ0) is 27.2. The van der Waals surface area contributed by atoms with Gasteiger partial charge >= 0.3 is 12.1 Å². The topological polar surface area (TPSA) is 116 Å². The van der Waals surface area contributed by atoms with Crippen LogP contribution in [0.1, 0.15) is 48.8 Å². The summed E-state index contributed by atoms with van der Waals surface area (Å²) in [7, 11) is 0. The second kappa shape index (κ2) is 12.2. The number of carboxylic acids is 1. The van der Waals surface area contributed by atoms with Crippen LogP contribution in [0.15, 0.2) is 30.5 Å². The van der Waals surface area contributed by atoms with Crippen LogP contribution in [0, 0.1) is 6.92 Å². The van der Waals surface area contributed by atoms with Gasteiger partial charge in [0, 0.05) is 50.5 Å². The first-order valence-electron chi connectivity index (χ1n) is 12.2. The lowest BCUT2D eigenvalue weighted by atomic mass is 10.1. The molecule has 1 aromatic carbocycles. The van der Waals surface area contributed by atoms with Crippen molar-refractivity contribution in [1.29, 1.82) is 0 Å². The third-order valence-corrected chi connectivity index (χ3v) is 6.09. The number of anilines is 1. The van der Waals surface area contributed by atoms with E-state index in [1.54, 1.807) is 17.9 Å². The Labute approximate surface area is 222 Å². The third kappa shape index (κ3) is 8.31. The van der Waals surface area contributed by atoms with Gasteiger partial charge in [-0.2, -0.15) is 0 Å². The molecule has 1 aromatic heterocycles. The smallest absolute Gasteiger partial charge is 0.410 e. The molecule has 1 saturated heterocycles. The van der Waals surface area contributed by atoms with E-state index in [1.807, 2.05) is 43.9 Å². The standard InChI is InChI=1S/C26H34ClN5O5/c1-18-21(23(35)30(11-9-22(33)34)10-8-19-6-5-7-20(27)16-19)17-28-24(29-18)31-12-14-32(15-13-31)25(36)37-26(2,3)4/h5-7,16-17H,8-15H2,1-4H3,(H,33,34). The van der Waals surface area contributed by atoms with E-state index in [0.29, 0.717) is 61.4 Å². The number of piperazine rings is 1. The molecular weight excluding hydrogens is 498 g/mol. The van der Waals surface area contributed by atoms with Crippen molar-refractivity contribution in [1.82, 2.24) is 19.8 Å². The number of carboxylic acid groups (broad SMARTS) is 1. The van der Waals surface area contributed by atoms with Crippen LogP contribution in [0.2, 0.25) is 5.02 Å². The van der Waals surface area contributed by atoms with Crippen molar-refractivity contribution >= 4 is 35.5 Å². The zero-order valence-electron chi connectivity index (χ0n) is 21.7. The molecule has 2 heterocycles. The fraction of sp³-hybridized carbons (Fsp3) is 0.500. The van der Waals surface area contributed by atoms with Crippen molar-refractivity contribution in [2.45, 2.75) is 46.1 Å². The van der Waals surface area contributed by atoms with Gasteiger partial charge in [0.2, 0.25) is 5.95 Å². The van der Waals surface area contributed by atoms with Crippen LogP contribution >= 0.6 is 11.6 Å². The lowest BCUT2D eigenvalue weighted by Gasteiger charge is -2.35. The normalized spacial score (nSPS) is 13.9. The number of carbonyl (C=O) groups excluding carboxylic acids is 2. The molecule has 1 aliphatic heterocycles. The summed E-state index contributed by atoms with van der Waals surface area (Å²) in [6.07, 6.45) is 1.52. The van der Waals surface area contributed by atoms with Crippen molar-refractivity contribution in [2.24, 2.45) is 0 Å². The van der Waals surface area contributed by atoms with Gasteiger partial charge in [0.25, 0.3) is 5.91 Å². The molecule has 3 rings (SSSR count). The Morgan fingerprint density at radius 2 is 1.84 bits per heavy atom. The maximum absolute atomic E-state index is 13.3. The summed E-state index contributed by atoms with van der Waals surface area (Å²) in [6.45, 7) is 9.67. The molecule has 0 spiro atoms. The molecule has 0 radical (unpaired) electrons. The number of amides is 2. The van der Waals surface area contributed by atoms with Gasteiger partial charge in [-0.05, 0) is 51.8 Å². The number of ether oxygens (including phenoxy) is 1. The summed E-state index contributed by atoms with van der Waals surface area (Å²) >= 11 is 6.07. The molecule has 2 aromatic rings. The van der Waals surface area contributed by atoms with Crippen LogP contribution in [0.4, 0.5) is 10.7 Å². The van der Waals surface area contributed by atoms with Crippen molar-refractivity contribution in [3.63, 3.8) is 0 Å². The van der Waals surface area contributed by atoms with Gasteiger partial charge in [0.1, 0.15) is 5.60 Å². The van der Waals surface area contributed by atoms with E-state index in [2.05, 4.69) is 9.97 Å². The quantitative estimate of drug-likeness (QED) is 0.548. The monoisotopic (exact) mass is 531 g/mol. The maximum Gasteiger partial charge on any atom is 0.410 e. The van der Waals surface area contributed by atoms with E-state index < -0.39 is 11.6 Å². The lowest BCUT2D eigenvalue weighted by Crippen LogP contribution is -2.50. The van der Waals surface area contributed by atoms with Crippen molar-refractivity contribution < 1.29 is 24.2 Å². The van der Waals surface area contributed by atoms with E-state index in [1.165, 1.54) is 11.1 Å². The molecule has 1 aliphatic rings. The fourth-order valence-electron chi connectivity index (χ4n) is 3.91.